The lowest BCUT2D eigenvalue weighted by atomic mass is 9.89. The molecule has 0 spiro atoms. The summed E-state index contributed by atoms with van der Waals surface area (Å²) in [4.78, 5) is 14.5. The smallest absolute Gasteiger partial charge is 0.260 e. The number of nitrogens with zero attached hydrogens (tertiary/aromatic N) is 1. The molecule has 1 aliphatic rings. The molecule has 0 saturated heterocycles. The van der Waals surface area contributed by atoms with Crippen LogP contribution in [0.3, 0.4) is 0 Å². The van der Waals surface area contributed by atoms with Gasteiger partial charge in [0.1, 0.15) is 0 Å². The molecule has 2 aromatic rings. The number of nitrogen functional groups attached to an aromatic ring is 1. The van der Waals surface area contributed by atoms with Gasteiger partial charge in [-0.3, -0.25) is 4.79 Å². The van der Waals surface area contributed by atoms with E-state index in [1.807, 2.05) is 36.4 Å². The summed E-state index contributed by atoms with van der Waals surface area (Å²) in [5.41, 5.74) is 9.14. The van der Waals surface area contributed by atoms with E-state index < -0.39 is 0 Å². The summed E-state index contributed by atoms with van der Waals surface area (Å²) in [5.74, 6) is 0.250. The Bertz CT molecular complexity index is 684. The molecule has 0 aliphatic carbocycles. The number of carbonyl (C=O) groups is 1. The Morgan fingerprint density at radius 3 is 2.75 bits per heavy atom. The predicted octanol–water partition coefficient (Wildman–Crippen LogP) is 3.80. The van der Waals surface area contributed by atoms with Crippen molar-refractivity contribution in [3.05, 3.63) is 58.1 Å². The van der Waals surface area contributed by atoms with Gasteiger partial charge in [-0.1, -0.05) is 41.1 Å². The Balaban J connectivity index is 2.10. The number of fused-ring (bicyclic) bond motifs is 1. The highest BCUT2D eigenvalue weighted by Crippen LogP contribution is 2.34. The number of rotatable bonds is 1. The second-order valence-electron chi connectivity index (χ2n) is 5.11. The van der Waals surface area contributed by atoms with Gasteiger partial charge < -0.3 is 10.6 Å². The molecule has 0 fully saturated rings. The van der Waals surface area contributed by atoms with Gasteiger partial charge in [0.15, 0.2) is 0 Å². The largest absolute Gasteiger partial charge is 0.398 e. The van der Waals surface area contributed by atoms with Crippen LogP contribution in [0.5, 0.6) is 0 Å². The van der Waals surface area contributed by atoms with Crippen LogP contribution in [-0.4, -0.2) is 12.5 Å². The van der Waals surface area contributed by atoms with Crippen LogP contribution in [0, 0.1) is 0 Å². The first-order valence-electron chi connectivity index (χ1n) is 6.53. The molecule has 4 heteroatoms. The maximum Gasteiger partial charge on any atom is 0.260 e. The molecule has 1 aliphatic heterocycles. The fourth-order valence-corrected chi connectivity index (χ4v) is 3.09. The highest BCUT2D eigenvalue weighted by Gasteiger charge is 2.31. The Labute approximate surface area is 126 Å². The lowest BCUT2D eigenvalue weighted by Gasteiger charge is -2.33. The summed E-state index contributed by atoms with van der Waals surface area (Å²) >= 11 is 3.45. The lowest BCUT2D eigenvalue weighted by molar-refractivity contribution is 0.0978. The maximum atomic E-state index is 12.7. The van der Waals surface area contributed by atoms with Gasteiger partial charge in [-0.05, 0) is 29.8 Å². The van der Waals surface area contributed by atoms with Gasteiger partial charge in [0.2, 0.25) is 0 Å². The zero-order valence-corrected chi connectivity index (χ0v) is 12.7. The van der Waals surface area contributed by atoms with Crippen molar-refractivity contribution in [3.63, 3.8) is 0 Å². The molecule has 2 N–H and O–H groups in total. The first-order chi connectivity index (χ1) is 9.58. The van der Waals surface area contributed by atoms with E-state index in [9.17, 15) is 4.79 Å². The monoisotopic (exact) mass is 330 g/mol. The fourth-order valence-electron chi connectivity index (χ4n) is 2.70. The number of benzene rings is 2. The van der Waals surface area contributed by atoms with E-state index in [0.29, 0.717) is 17.8 Å². The maximum absolute atomic E-state index is 12.7. The molecular formula is C16H15BrN2O. The normalized spacial score (nSPS) is 18.0. The van der Waals surface area contributed by atoms with Gasteiger partial charge in [-0.2, -0.15) is 0 Å². The fraction of sp³-hybridized carbons (Fsp3) is 0.188. The van der Waals surface area contributed by atoms with Crippen LogP contribution in [0.15, 0.2) is 46.9 Å². The quantitative estimate of drug-likeness (QED) is 0.808. The lowest BCUT2D eigenvalue weighted by Crippen LogP contribution is -2.39. The summed E-state index contributed by atoms with van der Waals surface area (Å²) < 4.78 is 0.960. The number of anilines is 2. The van der Waals surface area contributed by atoms with E-state index >= 15 is 0 Å². The molecule has 102 valence electrons. The molecule has 0 radical (unpaired) electrons. The number of hydrogen-bond donors (Lipinski definition) is 1. The molecule has 2 aromatic carbocycles. The number of hydrogen-bond acceptors (Lipinski definition) is 2. The second kappa shape index (κ2) is 4.94. The summed E-state index contributed by atoms with van der Waals surface area (Å²) in [6, 6.07) is 13.5. The molecule has 1 heterocycles. The van der Waals surface area contributed by atoms with Gasteiger partial charge in [0, 0.05) is 28.3 Å². The van der Waals surface area contributed by atoms with Crippen molar-refractivity contribution in [2.75, 3.05) is 17.2 Å². The zero-order chi connectivity index (χ0) is 14.3. The van der Waals surface area contributed by atoms with Crippen LogP contribution in [0.25, 0.3) is 0 Å². The number of nitrogens with two attached hydrogens (primary N) is 1. The van der Waals surface area contributed by atoms with Crippen LogP contribution < -0.4 is 10.6 Å². The first kappa shape index (κ1) is 13.2. The Morgan fingerprint density at radius 1 is 1.25 bits per heavy atom. The summed E-state index contributed by atoms with van der Waals surface area (Å²) in [6.07, 6.45) is 0. The summed E-state index contributed by atoms with van der Waals surface area (Å²) in [6.45, 7) is 2.79. The predicted molar refractivity (Wildman–Crippen MR) is 85.1 cm³/mol. The van der Waals surface area contributed by atoms with Crippen molar-refractivity contribution in [2.24, 2.45) is 0 Å². The van der Waals surface area contributed by atoms with Crippen LogP contribution in [0.4, 0.5) is 11.4 Å². The van der Waals surface area contributed by atoms with E-state index in [4.69, 9.17) is 5.73 Å². The number of halogens is 1. The Kier molecular flexibility index (Phi) is 3.26. The highest BCUT2D eigenvalue weighted by atomic mass is 79.9. The van der Waals surface area contributed by atoms with Crippen LogP contribution in [0.2, 0.25) is 0 Å². The molecule has 0 aromatic heterocycles. The van der Waals surface area contributed by atoms with Crippen LogP contribution in [0.1, 0.15) is 28.8 Å². The minimum Gasteiger partial charge on any atom is -0.398 e. The zero-order valence-electron chi connectivity index (χ0n) is 11.1. The Hall–Kier alpha value is -1.81. The van der Waals surface area contributed by atoms with Crippen molar-refractivity contribution in [2.45, 2.75) is 12.8 Å². The van der Waals surface area contributed by atoms with Crippen molar-refractivity contribution in [3.8, 4) is 0 Å². The standard InChI is InChI=1S/C16H15BrN2O/c1-10-9-19(12-5-2-4-11(17)8-12)16(20)15-13(10)6-3-7-14(15)18/h2-8,10H,9,18H2,1H3. The molecule has 3 rings (SSSR count). The van der Waals surface area contributed by atoms with E-state index in [0.717, 1.165) is 15.7 Å². The molecule has 1 amide bonds. The highest BCUT2D eigenvalue weighted by molar-refractivity contribution is 9.10. The van der Waals surface area contributed by atoms with Crippen molar-refractivity contribution < 1.29 is 4.79 Å². The molecule has 0 bridgehead atoms. The topological polar surface area (TPSA) is 46.3 Å². The first-order valence-corrected chi connectivity index (χ1v) is 7.33. The average Bonchev–Trinajstić information content (AvgIpc) is 2.42. The summed E-state index contributed by atoms with van der Waals surface area (Å²) in [7, 11) is 0. The van der Waals surface area contributed by atoms with Gasteiger partial charge in [-0.15, -0.1) is 0 Å². The molecule has 20 heavy (non-hydrogen) atoms. The van der Waals surface area contributed by atoms with Gasteiger partial charge in [0.25, 0.3) is 5.91 Å². The SMILES string of the molecule is CC1CN(c2cccc(Br)c2)C(=O)c2c(N)cccc21. The number of amides is 1. The third-order valence-corrected chi connectivity index (χ3v) is 4.19. The van der Waals surface area contributed by atoms with E-state index in [1.54, 1.807) is 11.0 Å². The van der Waals surface area contributed by atoms with Crippen molar-refractivity contribution >= 4 is 33.2 Å². The minimum atomic E-state index is -0.0192. The molecule has 3 nitrogen and oxygen atoms in total. The van der Waals surface area contributed by atoms with Crippen LogP contribution in [-0.2, 0) is 0 Å². The van der Waals surface area contributed by atoms with Crippen molar-refractivity contribution in [1.82, 2.24) is 0 Å². The molecule has 1 unspecified atom stereocenters. The van der Waals surface area contributed by atoms with Crippen LogP contribution >= 0.6 is 15.9 Å². The molecular weight excluding hydrogens is 316 g/mol. The summed E-state index contributed by atoms with van der Waals surface area (Å²) in [5, 5.41) is 0. The molecule has 0 saturated carbocycles. The molecule has 1 atom stereocenters. The average molecular weight is 331 g/mol. The van der Waals surface area contributed by atoms with Gasteiger partial charge >= 0.3 is 0 Å². The third-order valence-electron chi connectivity index (χ3n) is 3.70. The minimum absolute atomic E-state index is 0.0192. The van der Waals surface area contributed by atoms with E-state index in [2.05, 4.69) is 22.9 Å². The van der Waals surface area contributed by atoms with Gasteiger partial charge in [0.05, 0.1) is 5.56 Å². The second-order valence-corrected chi connectivity index (χ2v) is 6.02. The van der Waals surface area contributed by atoms with Crippen molar-refractivity contribution in [1.29, 1.82) is 0 Å². The van der Waals surface area contributed by atoms with E-state index in [-0.39, 0.29) is 11.8 Å². The third kappa shape index (κ3) is 2.10. The van der Waals surface area contributed by atoms with E-state index in [1.165, 1.54) is 0 Å². The Morgan fingerprint density at radius 2 is 2.00 bits per heavy atom. The van der Waals surface area contributed by atoms with Gasteiger partial charge in [-0.25, -0.2) is 0 Å². The number of carbonyl (C=O) groups excluding carboxylic acids is 1.